The number of benzene rings is 2. The van der Waals surface area contributed by atoms with Gasteiger partial charge < -0.3 is 15.1 Å². The first kappa shape index (κ1) is 20.8. The number of nitrogens with one attached hydrogen (secondary N) is 1. The smallest absolute Gasteiger partial charge is 0.251 e. The Kier molecular flexibility index (Phi) is 7.16. The summed E-state index contributed by atoms with van der Waals surface area (Å²) in [5.41, 5.74) is 1.36. The van der Waals surface area contributed by atoms with Gasteiger partial charge in [0.15, 0.2) is 0 Å². The van der Waals surface area contributed by atoms with E-state index in [9.17, 15) is 18.4 Å². The molecule has 1 saturated heterocycles. The normalized spacial score (nSPS) is 14.4. The Morgan fingerprint density at radius 1 is 0.862 bits per heavy atom. The van der Waals surface area contributed by atoms with E-state index in [-0.39, 0.29) is 23.4 Å². The molecule has 1 aliphatic rings. The molecule has 0 aliphatic carbocycles. The average molecular weight is 401 g/mol. The van der Waals surface area contributed by atoms with E-state index in [4.69, 9.17) is 0 Å². The highest BCUT2D eigenvalue weighted by Crippen LogP contribution is 2.17. The van der Waals surface area contributed by atoms with Gasteiger partial charge in [-0.3, -0.25) is 9.59 Å². The molecule has 1 heterocycles. The summed E-state index contributed by atoms with van der Waals surface area (Å²) < 4.78 is 26.0. The van der Waals surface area contributed by atoms with Crippen LogP contribution in [0.15, 0.2) is 48.5 Å². The molecule has 2 aromatic rings. The van der Waals surface area contributed by atoms with Crippen LogP contribution in [0.4, 0.5) is 14.5 Å². The molecule has 1 fully saturated rings. The van der Waals surface area contributed by atoms with E-state index < -0.39 is 0 Å². The van der Waals surface area contributed by atoms with Crippen LogP contribution in [0.25, 0.3) is 0 Å². The zero-order valence-corrected chi connectivity index (χ0v) is 16.2. The molecule has 1 N–H and O–H groups in total. The quantitative estimate of drug-likeness (QED) is 0.757. The Hall–Kier alpha value is -2.96. The molecule has 1 aliphatic heterocycles. The van der Waals surface area contributed by atoms with Gasteiger partial charge in [0.2, 0.25) is 5.91 Å². The zero-order valence-electron chi connectivity index (χ0n) is 16.2. The van der Waals surface area contributed by atoms with E-state index in [1.165, 1.54) is 36.4 Å². The maximum atomic E-state index is 13.1. The third-order valence-corrected chi connectivity index (χ3v) is 5.00. The number of amides is 2. The van der Waals surface area contributed by atoms with Crippen LogP contribution in [0.2, 0.25) is 0 Å². The van der Waals surface area contributed by atoms with Crippen molar-refractivity contribution >= 4 is 17.5 Å². The van der Waals surface area contributed by atoms with Gasteiger partial charge in [-0.1, -0.05) is 0 Å². The molecule has 29 heavy (non-hydrogen) atoms. The first-order valence-electron chi connectivity index (χ1n) is 9.85. The van der Waals surface area contributed by atoms with Gasteiger partial charge in [0, 0.05) is 50.4 Å². The van der Waals surface area contributed by atoms with Gasteiger partial charge in [-0.2, -0.15) is 0 Å². The fourth-order valence-electron chi connectivity index (χ4n) is 3.38. The van der Waals surface area contributed by atoms with Crippen molar-refractivity contribution in [2.45, 2.75) is 19.3 Å². The van der Waals surface area contributed by atoms with Crippen LogP contribution in [0, 0.1) is 11.6 Å². The molecule has 5 nitrogen and oxygen atoms in total. The van der Waals surface area contributed by atoms with E-state index in [0.717, 1.165) is 18.7 Å². The summed E-state index contributed by atoms with van der Waals surface area (Å²) >= 11 is 0. The van der Waals surface area contributed by atoms with Crippen molar-refractivity contribution in [3.63, 3.8) is 0 Å². The SMILES string of the molecule is O=C(NCCCC(=O)N1CCCN(c2ccc(F)cc2)CC1)c1ccc(F)cc1. The molecule has 0 aromatic heterocycles. The zero-order chi connectivity index (χ0) is 20.6. The van der Waals surface area contributed by atoms with Crippen LogP contribution in [0.3, 0.4) is 0 Å². The third kappa shape index (κ3) is 6.01. The topological polar surface area (TPSA) is 52.7 Å². The standard InChI is InChI=1S/C22H25F2N3O2/c23-18-6-4-17(5-7-18)22(29)25-12-1-3-21(28)27-14-2-13-26(15-16-27)20-10-8-19(24)9-11-20/h4-11H,1-3,12-16H2,(H,25,29). The van der Waals surface area contributed by atoms with Crippen molar-refractivity contribution in [1.29, 1.82) is 0 Å². The van der Waals surface area contributed by atoms with E-state index in [0.29, 0.717) is 44.6 Å². The van der Waals surface area contributed by atoms with Crippen LogP contribution in [-0.2, 0) is 4.79 Å². The van der Waals surface area contributed by atoms with Crippen molar-refractivity contribution in [2.75, 3.05) is 37.6 Å². The lowest BCUT2D eigenvalue weighted by Crippen LogP contribution is -2.35. The second kappa shape index (κ2) is 10.0. The Morgan fingerprint density at radius 3 is 2.21 bits per heavy atom. The summed E-state index contributed by atoms with van der Waals surface area (Å²) in [6.45, 7) is 3.23. The predicted molar refractivity (Wildman–Crippen MR) is 108 cm³/mol. The van der Waals surface area contributed by atoms with Gasteiger partial charge in [-0.25, -0.2) is 8.78 Å². The van der Waals surface area contributed by atoms with E-state index in [1.807, 2.05) is 4.90 Å². The number of carbonyl (C=O) groups excluding carboxylic acids is 2. The fourth-order valence-corrected chi connectivity index (χ4v) is 3.38. The highest BCUT2D eigenvalue weighted by Gasteiger charge is 2.19. The lowest BCUT2D eigenvalue weighted by Gasteiger charge is -2.23. The van der Waals surface area contributed by atoms with Crippen molar-refractivity contribution in [3.05, 3.63) is 65.7 Å². The van der Waals surface area contributed by atoms with Gasteiger partial charge in [0.1, 0.15) is 11.6 Å². The number of carbonyl (C=O) groups is 2. The van der Waals surface area contributed by atoms with Crippen LogP contribution in [-0.4, -0.2) is 49.4 Å². The minimum absolute atomic E-state index is 0.0713. The molecule has 0 atom stereocenters. The Balaban J connectivity index is 1.40. The molecule has 2 amide bonds. The van der Waals surface area contributed by atoms with Gasteiger partial charge in [0.25, 0.3) is 5.91 Å². The lowest BCUT2D eigenvalue weighted by atomic mass is 10.2. The van der Waals surface area contributed by atoms with Gasteiger partial charge >= 0.3 is 0 Å². The first-order valence-corrected chi connectivity index (χ1v) is 9.85. The van der Waals surface area contributed by atoms with Gasteiger partial charge in [0.05, 0.1) is 0 Å². The van der Waals surface area contributed by atoms with Crippen LogP contribution in [0.5, 0.6) is 0 Å². The van der Waals surface area contributed by atoms with Crippen LogP contribution < -0.4 is 10.2 Å². The molecular weight excluding hydrogens is 376 g/mol. The van der Waals surface area contributed by atoms with E-state index in [2.05, 4.69) is 10.2 Å². The Labute approximate surface area is 169 Å². The van der Waals surface area contributed by atoms with Crippen molar-refractivity contribution < 1.29 is 18.4 Å². The second-order valence-corrected chi connectivity index (χ2v) is 7.06. The number of halogens is 2. The van der Waals surface area contributed by atoms with Crippen molar-refractivity contribution in [1.82, 2.24) is 10.2 Å². The summed E-state index contributed by atoms with van der Waals surface area (Å²) in [6, 6.07) is 11.8. The summed E-state index contributed by atoms with van der Waals surface area (Å²) in [7, 11) is 0. The molecule has 154 valence electrons. The predicted octanol–water partition coefficient (Wildman–Crippen LogP) is 3.21. The average Bonchev–Trinajstić information content (AvgIpc) is 2.98. The largest absolute Gasteiger partial charge is 0.370 e. The van der Waals surface area contributed by atoms with Gasteiger partial charge in [-0.05, 0) is 61.4 Å². The molecule has 0 radical (unpaired) electrons. The molecule has 0 unspecified atom stereocenters. The van der Waals surface area contributed by atoms with Crippen LogP contribution in [0.1, 0.15) is 29.6 Å². The molecule has 0 bridgehead atoms. The number of hydrogen-bond donors (Lipinski definition) is 1. The third-order valence-electron chi connectivity index (χ3n) is 5.00. The monoisotopic (exact) mass is 401 g/mol. The van der Waals surface area contributed by atoms with Crippen LogP contribution >= 0.6 is 0 Å². The highest BCUT2D eigenvalue weighted by atomic mass is 19.1. The van der Waals surface area contributed by atoms with E-state index in [1.54, 1.807) is 12.1 Å². The molecule has 2 aromatic carbocycles. The number of nitrogens with zero attached hydrogens (tertiary/aromatic N) is 2. The number of rotatable bonds is 6. The number of anilines is 1. The lowest BCUT2D eigenvalue weighted by molar-refractivity contribution is -0.131. The minimum Gasteiger partial charge on any atom is -0.370 e. The Morgan fingerprint density at radius 2 is 1.52 bits per heavy atom. The van der Waals surface area contributed by atoms with Crippen molar-refractivity contribution in [2.24, 2.45) is 0 Å². The molecular formula is C22H25F2N3O2. The Bertz CT molecular complexity index is 825. The summed E-state index contributed by atoms with van der Waals surface area (Å²) in [4.78, 5) is 28.5. The molecule has 0 saturated carbocycles. The van der Waals surface area contributed by atoms with Crippen molar-refractivity contribution in [3.8, 4) is 0 Å². The maximum absolute atomic E-state index is 13.1. The second-order valence-electron chi connectivity index (χ2n) is 7.06. The first-order chi connectivity index (χ1) is 14.0. The minimum atomic E-state index is -0.386. The van der Waals surface area contributed by atoms with E-state index >= 15 is 0 Å². The fraction of sp³-hybridized carbons (Fsp3) is 0.364. The summed E-state index contributed by atoms with van der Waals surface area (Å²) in [5.74, 6) is -0.848. The number of hydrogen-bond acceptors (Lipinski definition) is 3. The summed E-state index contributed by atoms with van der Waals surface area (Å²) in [6.07, 6.45) is 1.76. The maximum Gasteiger partial charge on any atom is 0.251 e. The van der Waals surface area contributed by atoms with Gasteiger partial charge in [-0.15, -0.1) is 0 Å². The molecule has 0 spiro atoms. The molecule has 7 heteroatoms. The highest BCUT2D eigenvalue weighted by molar-refractivity contribution is 5.94. The summed E-state index contributed by atoms with van der Waals surface area (Å²) in [5, 5.41) is 2.75. The molecule has 3 rings (SSSR count).